The molecule has 3 nitrogen and oxygen atoms in total. The topological polar surface area (TPSA) is 47.0 Å². The summed E-state index contributed by atoms with van der Waals surface area (Å²) in [6.45, 7) is 0. The van der Waals surface area contributed by atoms with Crippen molar-refractivity contribution in [3.05, 3.63) is 18.2 Å². The van der Waals surface area contributed by atoms with Crippen molar-refractivity contribution in [3.63, 3.8) is 0 Å². The van der Waals surface area contributed by atoms with Crippen LogP contribution in [-0.2, 0) is 9.05 Å². The van der Waals surface area contributed by atoms with E-state index in [1.54, 1.807) is 35.2 Å². The third-order valence-corrected chi connectivity index (χ3v) is 7.93. The van der Waals surface area contributed by atoms with Gasteiger partial charge in [-0.1, -0.05) is 43.9 Å². The van der Waals surface area contributed by atoms with Crippen LogP contribution in [0.4, 0.5) is 0 Å². The Morgan fingerprint density at radius 2 is 2.04 bits per heavy atom. The molecule has 2 aromatic rings. The molecule has 0 aliphatic heterocycles. The number of hydrogen-bond acceptors (Lipinski definition) is 5. The van der Waals surface area contributed by atoms with E-state index in [1.807, 2.05) is 0 Å². The van der Waals surface area contributed by atoms with Gasteiger partial charge in [-0.25, -0.2) is 13.4 Å². The van der Waals surface area contributed by atoms with Crippen LogP contribution in [0.2, 0.25) is 0 Å². The van der Waals surface area contributed by atoms with Crippen molar-refractivity contribution in [2.75, 3.05) is 5.75 Å². The van der Waals surface area contributed by atoms with Gasteiger partial charge in [0.25, 0.3) is 9.05 Å². The molecule has 1 heterocycles. The van der Waals surface area contributed by atoms with Crippen LogP contribution in [0.5, 0.6) is 0 Å². The van der Waals surface area contributed by atoms with E-state index in [1.165, 1.54) is 51.0 Å². The van der Waals surface area contributed by atoms with Crippen molar-refractivity contribution < 1.29 is 8.42 Å². The van der Waals surface area contributed by atoms with Crippen molar-refractivity contribution in [2.24, 2.45) is 5.92 Å². The molecule has 0 amide bonds. The molecule has 1 aromatic carbocycles. The van der Waals surface area contributed by atoms with Crippen LogP contribution in [0.3, 0.4) is 0 Å². The maximum Gasteiger partial charge on any atom is 0.261 e. The molecule has 0 spiro atoms. The summed E-state index contributed by atoms with van der Waals surface area (Å²) >= 11 is 3.32. The first kappa shape index (κ1) is 17.5. The molecule has 1 fully saturated rings. The quantitative estimate of drug-likeness (QED) is 0.362. The summed E-state index contributed by atoms with van der Waals surface area (Å²) < 4.78 is 24.7. The maximum atomic E-state index is 11.4. The van der Waals surface area contributed by atoms with Gasteiger partial charge in [-0.3, -0.25) is 0 Å². The number of halogens is 1. The molecule has 0 bridgehead atoms. The van der Waals surface area contributed by atoms with Gasteiger partial charge in [0.1, 0.15) is 0 Å². The molecule has 1 saturated carbocycles. The van der Waals surface area contributed by atoms with E-state index in [-0.39, 0.29) is 4.90 Å². The second kappa shape index (κ2) is 7.72. The predicted octanol–water partition coefficient (Wildman–Crippen LogP) is 5.68. The average Bonchev–Trinajstić information content (AvgIpc) is 2.93. The SMILES string of the molecule is O=S(=O)(Cl)c1ccc2nc(SCCCC3CCCCC3)sc2c1. The number of rotatable bonds is 6. The fourth-order valence-electron chi connectivity index (χ4n) is 3.10. The van der Waals surface area contributed by atoms with E-state index in [9.17, 15) is 8.42 Å². The summed E-state index contributed by atoms with van der Waals surface area (Å²) in [6.07, 6.45) is 9.59. The van der Waals surface area contributed by atoms with E-state index < -0.39 is 9.05 Å². The van der Waals surface area contributed by atoms with Gasteiger partial charge in [0.05, 0.1) is 15.1 Å². The predicted molar refractivity (Wildman–Crippen MR) is 99.2 cm³/mol. The highest BCUT2D eigenvalue weighted by atomic mass is 35.7. The zero-order chi connectivity index (χ0) is 16.3. The van der Waals surface area contributed by atoms with Crippen molar-refractivity contribution in [1.82, 2.24) is 4.98 Å². The second-order valence-electron chi connectivity index (χ2n) is 6.04. The summed E-state index contributed by atoms with van der Waals surface area (Å²) in [5, 5.41) is 0. The molecular weight excluding hydrogens is 370 g/mol. The van der Waals surface area contributed by atoms with E-state index in [0.717, 1.165) is 26.2 Å². The Labute approximate surface area is 150 Å². The molecule has 0 N–H and O–H groups in total. The number of fused-ring (bicyclic) bond motifs is 1. The summed E-state index contributed by atoms with van der Waals surface area (Å²) in [5.74, 6) is 2.01. The highest BCUT2D eigenvalue weighted by Gasteiger charge is 2.14. The molecule has 0 saturated heterocycles. The highest BCUT2D eigenvalue weighted by molar-refractivity contribution is 8.13. The zero-order valence-electron chi connectivity index (χ0n) is 12.8. The molecule has 1 aromatic heterocycles. The van der Waals surface area contributed by atoms with Crippen molar-refractivity contribution in [2.45, 2.75) is 54.2 Å². The van der Waals surface area contributed by atoms with Crippen LogP contribution in [0.1, 0.15) is 44.9 Å². The van der Waals surface area contributed by atoms with Crippen LogP contribution >= 0.6 is 33.8 Å². The average molecular weight is 390 g/mol. The van der Waals surface area contributed by atoms with Crippen LogP contribution in [-0.4, -0.2) is 19.2 Å². The van der Waals surface area contributed by atoms with Crippen LogP contribution in [0.15, 0.2) is 27.4 Å². The van der Waals surface area contributed by atoms with Gasteiger partial charge in [0.15, 0.2) is 4.34 Å². The summed E-state index contributed by atoms with van der Waals surface area (Å²) in [7, 11) is 1.72. The lowest BCUT2D eigenvalue weighted by Crippen LogP contribution is -2.06. The number of aromatic nitrogens is 1. The maximum absolute atomic E-state index is 11.4. The Balaban J connectivity index is 1.56. The Hall–Kier alpha value is -0.300. The van der Waals surface area contributed by atoms with Gasteiger partial charge >= 0.3 is 0 Å². The van der Waals surface area contributed by atoms with Gasteiger partial charge in [-0.15, -0.1) is 11.3 Å². The number of benzene rings is 1. The van der Waals surface area contributed by atoms with Crippen molar-refractivity contribution in [1.29, 1.82) is 0 Å². The van der Waals surface area contributed by atoms with Crippen LogP contribution in [0, 0.1) is 5.92 Å². The zero-order valence-corrected chi connectivity index (χ0v) is 16.0. The lowest BCUT2D eigenvalue weighted by atomic mass is 9.86. The molecule has 0 radical (unpaired) electrons. The molecule has 1 aliphatic carbocycles. The molecule has 7 heteroatoms. The van der Waals surface area contributed by atoms with Gasteiger partial charge in [0, 0.05) is 16.4 Å². The lowest BCUT2D eigenvalue weighted by Gasteiger charge is -2.20. The minimum atomic E-state index is -3.67. The van der Waals surface area contributed by atoms with E-state index in [0.29, 0.717) is 0 Å². The van der Waals surface area contributed by atoms with E-state index >= 15 is 0 Å². The molecule has 3 rings (SSSR count). The third kappa shape index (κ3) is 4.84. The van der Waals surface area contributed by atoms with Crippen LogP contribution in [0.25, 0.3) is 10.2 Å². The first-order valence-corrected chi connectivity index (χ1v) is 12.1. The summed E-state index contributed by atoms with van der Waals surface area (Å²) in [6, 6.07) is 4.86. The highest BCUT2D eigenvalue weighted by Crippen LogP contribution is 2.33. The van der Waals surface area contributed by atoms with Gasteiger partial charge in [-0.2, -0.15) is 0 Å². The standard InChI is InChI=1S/C16H20ClNO2S3/c17-23(19,20)13-8-9-14-15(11-13)22-16(18-14)21-10-4-7-12-5-2-1-3-6-12/h8-9,11-12H,1-7,10H2. The number of thiazole rings is 1. The Kier molecular flexibility index (Phi) is 5.88. The van der Waals surface area contributed by atoms with E-state index in [2.05, 4.69) is 4.98 Å². The lowest BCUT2D eigenvalue weighted by molar-refractivity contribution is 0.337. The molecular formula is C16H20ClNO2S3. The fourth-order valence-corrected chi connectivity index (χ4v) is 6.10. The first-order chi connectivity index (χ1) is 11.0. The Morgan fingerprint density at radius 1 is 1.26 bits per heavy atom. The third-order valence-electron chi connectivity index (χ3n) is 4.33. The summed E-state index contributed by atoms with van der Waals surface area (Å²) in [4.78, 5) is 4.71. The number of nitrogens with zero attached hydrogens (tertiary/aromatic N) is 1. The minimum absolute atomic E-state index is 0.143. The van der Waals surface area contributed by atoms with Gasteiger partial charge in [0.2, 0.25) is 0 Å². The second-order valence-corrected chi connectivity index (χ2v) is 11.0. The molecule has 126 valence electrons. The fraction of sp³-hybridized carbons (Fsp3) is 0.562. The van der Waals surface area contributed by atoms with Crippen molar-refractivity contribution >= 4 is 53.0 Å². The van der Waals surface area contributed by atoms with Crippen LogP contribution < -0.4 is 0 Å². The normalized spacial score (nSPS) is 16.9. The van der Waals surface area contributed by atoms with Crippen molar-refractivity contribution in [3.8, 4) is 0 Å². The molecule has 0 atom stereocenters. The smallest absolute Gasteiger partial charge is 0.230 e. The number of hydrogen-bond donors (Lipinski definition) is 0. The van der Waals surface area contributed by atoms with E-state index in [4.69, 9.17) is 10.7 Å². The largest absolute Gasteiger partial charge is 0.261 e. The number of thioether (sulfide) groups is 1. The first-order valence-electron chi connectivity index (χ1n) is 8.00. The Morgan fingerprint density at radius 3 is 2.78 bits per heavy atom. The van der Waals surface area contributed by atoms with Gasteiger partial charge < -0.3 is 0 Å². The minimum Gasteiger partial charge on any atom is -0.230 e. The molecule has 1 aliphatic rings. The van der Waals surface area contributed by atoms with Gasteiger partial charge in [-0.05, 0) is 37.0 Å². The Bertz CT molecular complexity index is 767. The monoisotopic (exact) mass is 389 g/mol. The summed E-state index contributed by atoms with van der Waals surface area (Å²) in [5.41, 5.74) is 0.842. The molecule has 23 heavy (non-hydrogen) atoms. The molecule has 0 unspecified atom stereocenters.